The van der Waals surface area contributed by atoms with E-state index in [2.05, 4.69) is 118 Å². The van der Waals surface area contributed by atoms with Gasteiger partial charge in [-0.05, 0) is 94.7 Å². The van der Waals surface area contributed by atoms with Crippen molar-refractivity contribution in [2.75, 3.05) is 0 Å². The van der Waals surface area contributed by atoms with E-state index in [1.54, 1.807) is 11.1 Å². The Kier molecular flexibility index (Phi) is 14.4. The molecule has 2 aromatic heterocycles. The van der Waals surface area contributed by atoms with E-state index in [0.717, 1.165) is 43.4 Å². The minimum absolute atomic E-state index is 0. The van der Waals surface area contributed by atoms with Crippen molar-refractivity contribution in [3.05, 3.63) is 88.8 Å². The third-order valence-corrected chi connectivity index (χ3v) is 13.4. The summed E-state index contributed by atoms with van der Waals surface area (Å²) in [6.07, 6.45) is 10.4. The van der Waals surface area contributed by atoms with Gasteiger partial charge in [-0.25, -0.2) is 0 Å². The van der Waals surface area contributed by atoms with Crippen LogP contribution in [0.15, 0.2) is 60.5 Å². The molecule has 0 saturated carbocycles. The van der Waals surface area contributed by atoms with Gasteiger partial charge < -0.3 is 5.11 Å². The summed E-state index contributed by atoms with van der Waals surface area (Å²) in [5, 5.41) is 15.0. The summed E-state index contributed by atoms with van der Waals surface area (Å²) in [5.74, 6) is 0.547. The number of fused-ring (bicyclic) bond motifs is 6. The number of ketones is 1. The minimum atomic E-state index is 0. The van der Waals surface area contributed by atoms with Crippen molar-refractivity contribution >= 4 is 48.1 Å². The summed E-state index contributed by atoms with van der Waals surface area (Å²) >= 11 is 1.98. The molecule has 0 aliphatic heterocycles. The Balaban J connectivity index is 0.000000372. The average molecular weight is 951 g/mol. The molecule has 0 saturated heterocycles. The van der Waals surface area contributed by atoms with Crippen molar-refractivity contribution in [3.63, 3.8) is 0 Å². The average Bonchev–Trinajstić information content (AvgIpc) is 3.50. The Morgan fingerprint density at radius 1 is 0.857 bits per heavy atom. The van der Waals surface area contributed by atoms with Gasteiger partial charge in [0.1, 0.15) is 0 Å². The zero-order valence-corrected chi connectivity index (χ0v) is 40.1. The standard InChI is InChI=1S/C38H44NS.C13H24O2.Ir/c1-35(2,3)22-25-21-29-31(38(9,10)17-16-37(29,7)8)34-30(25)27-15-18-39-32(33(27)40-34)24-19-23-13-11-12-14-26(23)28(20-24)36(4,5)6;1-5-10(6-2)12(14)9-13(15)11(7-3)8-4;/h11-15,18,20-21H,16-17,22H2,1-10H3;9-11,14H,5-8H2,1-4H3;/q-1;;/b;12-9-;. The Morgan fingerprint density at radius 3 is 2.05 bits per heavy atom. The molecule has 0 fully saturated rings. The molecule has 2 heterocycles. The SMILES string of the molecule is CC(C)(C)Cc1cc2c(c3sc4c(-c5[c-]c6ccccc6c(C(C)(C)C)c5)nccc4c13)C(C)(C)CCC2(C)C.CCC(CC)C(=O)/C=C(\O)C(CC)CC.[Ir]. The number of carbonyl (C=O) groups excluding carboxylic acids is 1. The van der Waals surface area contributed by atoms with E-state index < -0.39 is 0 Å². The van der Waals surface area contributed by atoms with Crippen molar-refractivity contribution in [1.82, 2.24) is 4.98 Å². The van der Waals surface area contributed by atoms with Gasteiger partial charge in [-0.3, -0.25) is 9.78 Å². The molecule has 1 N–H and O–H groups in total. The molecule has 3 nitrogen and oxygen atoms in total. The van der Waals surface area contributed by atoms with E-state index in [0.29, 0.717) is 0 Å². The second-order valence-corrected chi connectivity index (χ2v) is 20.7. The molecular formula is C51H68IrNO2S-. The van der Waals surface area contributed by atoms with Gasteiger partial charge in [0.25, 0.3) is 0 Å². The van der Waals surface area contributed by atoms with Gasteiger partial charge in [-0.15, -0.1) is 40.5 Å². The molecule has 0 amide bonds. The van der Waals surface area contributed by atoms with Crippen LogP contribution in [-0.2, 0) is 47.6 Å². The van der Waals surface area contributed by atoms with Crippen LogP contribution in [0.4, 0.5) is 0 Å². The van der Waals surface area contributed by atoms with Crippen LogP contribution >= 0.6 is 11.3 Å². The van der Waals surface area contributed by atoms with Gasteiger partial charge in [0, 0.05) is 64.7 Å². The number of hydrogen-bond donors (Lipinski definition) is 1. The number of carbonyl (C=O) groups is 1. The number of aliphatic hydroxyl groups is 1. The summed E-state index contributed by atoms with van der Waals surface area (Å²) in [7, 11) is 0. The van der Waals surface area contributed by atoms with Crippen LogP contribution in [-0.4, -0.2) is 15.9 Å². The topological polar surface area (TPSA) is 50.2 Å². The number of nitrogens with zero attached hydrogens (tertiary/aromatic N) is 1. The number of benzene rings is 3. The molecule has 3 aromatic carbocycles. The molecule has 1 aliphatic carbocycles. The molecule has 56 heavy (non-hydrogen) atoms. The molecule has 0 unspecified atom stereocenters. The maximum Gasteiger partial charge on any atom is 0.162 e. The summed E-state index contributed by atoms with van der Waals surface area (Å²) in [4.78, 5) is 16.8. The number of pyridine rings is 1. The molecule has 305 valence electrons. The second-order valence-electron chi connectivity index (χ2n) is 19.7. The maximum atomic E-state index is 11.7. The first-order valence-corrected chi connectivity index (χ1v) is 21.8. The molecule has 5 heteroatoms. The first-order chi connectivity index (χ1) is 25.7. The van der Waals surface area contributed by atoms with Gasteiger partial charge in [-0.2, -0.15) is 0 Å². The Hall–Kier alpha value is -2.85. The quantitative estimate of drug-likeness (QED) is 0.0910. The summed E-state index contributed by atoms with van der Waals surface area (Å²) in [6.45, 7) is 31.9. The zero-order valence-electron chi connectivity index (χ0n) is 36.8. The van der Waals surface area contributed by atoms with Crippen molar-refractivity contribution in [2.45, 2.75) is 158 Å². The molecule has 0 bridgehead atoms. The largest absolute Gasteiger partial charge is 0.512 e. The predicted octanol–water partition coefficient (Wildman–Crippen LogP) is 15.2. The molecule has 6 rings (SSSR count). The summed E-state index contributed by atoms with van der Waals surface area (Å²) in [5.41, 5.74) is 8.69. The van der Waals surface area contributed by atoms with Gasteiger partial charge in [0.2, 0.25) is 0 Å². The van der Waals surface area contributed by atoms with Crippen LogP contribution < -0.4 is 0 Å². The van der Waals surface area contributed by atoms with Crippen LogP contribution in [0.5, 0.6) is 0 Å². The van der Waals surface area contributed by atoms with Crippen molar-refractivity contribution in [1.29, 1.82) is 0 Å². The first kappa shape index (κ1) is 45.8. The molecule has 5 aromatic rings. The van der Waals surface area contributed by atoms with E-state index in [1.165, 1.54) is 61.0 Å². The maximum absolute atomic E-state index is 11.7. The second kappa shape index (κ2) is 17.6. The fourth-order valence-corrected chi connectivity index (χ4v) is 10.3. The Labute approximate surface area is 356 Å². The van der Waals surface area contributed by atoms with Crippen LogP contribution in [0.25, 0.3) is 42.2 Å². The number of rotatable bonds is 9. The van der Waals surface area contributed by atoms with E-state index in [9.17, 15) is 9.90 Å². The monoisotopic (exact) mass is 951 g/mol. The number of thiophene rings is 1. The van der Waals surface area contributed by atoms with Crippen molar-refractivity contribution < 1.29 is 30.0 Å². The Bertz CT molecular complexity index is 2200. The summed E-state index contributed by atoms with van der Waals surface area (Å²) < 4.78 is 2.78. The first-order valence-electron chi connectivity index (χ1n) is 21.0. The normalized spacial score (nSPS) is 15.5. The Morgan fingerprint density at radius 2 is 1.46 bits per heavy atom. The van der Waals surface area contributed by atoms with E-state index >= 15 is 0 Å². The number of aromatic nitrogens is 1. The van der Waals surface area contributed by atoms with Crippen molar-refractivity contribution in [2.24, 2.45) is 17.3 Å². The molecule has 1 radical (unpaired) electrons. The van der Waals surface area contributed by atoms with Gasteiger partial charge in [0.05, 0.1) is 5.76 Å². The van der Waals surface area contributed by atoms with Gasteiger partial charge >= 0.3 is 0 Å². The van der Waals surface area contributed by atoms with Gasteiger partial charge in [-0.1, -0.05) is 132 Å². The molecular weight excluding hydrogens is 883 g/mol. The van der Waals surface area contributed by atoms with Crippen LogP contribution in [0.1, 0.15) is 158 Å². The third-order valence-electron chi connectivity index (χ3n) is 12.2. The van der Waals surface area contributed by atoms with Gasteiger partial charge in [0.15, 0.2) is 5.78 Å². The van der Waals surface area contributed by atoms with Crippen molar-refractivity contribution in [3.8, 4) is 11.3 Å². The number of aliphatic hydroxyl groups excluding tert-OH is 1. The fraction of sp³-hybridized carbons (Fsp3) is 0.529. The van der Waals surface area contributed by atoms with E-state index in [4.69, 9.17) is 4.98 Å². The van der Waals surface area contributed by atoms with Crippen LogP contribution in [0.2, 0.25) is 0 Å². The van der Waals surface area contributed by atoms with Crippen LogP contribution in [0.3, 0.4) is 0 Å². The fourth-order valence-electron chi connectivity index (χ4n) is 8.71. The molecule has 0 spiro atoms. The number of allylic oxidation sites excluding steroid dienone is 2. The predicted molar refractivity (Wildman–Crippen MR) is 240 cm³/mol. The zero-order chi connectivity index (χ0) is 40.7. The minimum Gasteiger partial charge on any atom is -0.512 e. The smallest absolute Gasteiger partial charge is 0.162 e. The van der Waals surface area contributed by atoms with E-state index in [-0.39, 0.29) is 65.1 Å². The van der Waals surface area contributed by atoms with E-state index in [1.807, 2.05) is 45.2 Å². The number of hydrogen-bond acceptors (Lipinski definition) is 4. The molecule has 0 atom stereocenters. The molecule has 1 aliphatic rings. The van der Waals surface area contributed by atoms with Crippen LogP contribution in [0, 0.1) is 23.3 Å². The summed E-state index contributed by atoms with van der Waals surface area (Å²) in [6, 6.07) is 19.7. The third kappa shape index (κ3) is 9.54.